The monoisotopic (exact) mass is 317 g/mol. The Morgan fingerprint density at radius 2 is 2.07 bits per heavy atom. The van der Waals surface area contributed by atoms with E-state index in [4.69, 9.17) is 10.2 Å². The molecule has 2 rings (SSSR count). The molecule has 0 saturated carbocycles. The first kappa shape index (κ1) is 10.6. The third-order valence-electron chi connectivity index (χ3n) is 2.06. The lowest BCUT2D eigenvalue weighted by Gasteiger charge is -2.00. The van der Waals surface area contributed by atoms with Gasteiger partial charge in [0.15, 0.2) is 0 Å². The normalized spacial score (nSPS) is 10.6. The van der Waals surface area contributed by atoms with E-state index in [1.165, 1.54) is 12.1 Å². The van der Waals surface area contributed by atoms with Gasteiger partial charge in [-0.05, 0) is 52.9 Å². The number of furan rings is 1. The van der Waals surface area contributed by atoms with Crippen molar-refractivity contribution < 1.29 is 8.81 Å². The highest BCUT2D eigenvalue weighted by Gasteiger charge is 2.08. The van der Waals surface area contributed by atoms with Gasteiger partial charge in [-0.25, -0.2) is 4.39 Å². The Morgan fingerprint density at radius 1 is 1.27 bits per heavy atom. The van der Waals surface area contributed by atoms with Crippen molar-refractivity contribution in [1.29, 1.82) is 0 Å². The van der Waals surface area contributed by atoms with Gasteiger partial charge in [0.25, 0.3) is 0 Å². The molecule has 0 aliphatic rings. The third kappa shape index (κ3) is 2.21. The van der Waals surface area contributed by atoms with Crippen molar-refractivity contribution >= 4 is 22.6 Å². The lowest BCUT2D eigenvalue weighted by atomic mass is 10.2. The number of nitrogens with two attached hydrogens (primary N) is 1. The van der Waals surface area contributed by atoms with Crippen molar-refractivity contribution in [3.63, 3.8) is 0 Å². The summed E-state index contributed by atoms with van der Waals surface area (Å²) < 4.78 is 19.2. The Bertz CT molecular complexity index is 481. The van der Waals surface area contributed by atoms with Crippen LogP contribution in [0.3, 0.4) is 0 Å². The van der Waals surface area contributed by atoms with E-state index in [2.05, 4.69) is 22.6 Å². The van der Waals surface area contributed by atoms with Crippen molar-refractivity contribution in [2.24, 2.45) is 5.73 Å². The van der Waals surface area contributed by atoms with Gasteiger partial charge in [-0.2, -0.15) is 0 Å². The number of halogens is 2. The number of hydrogen-bond acceptors (Lipinski definition) is 2. The van der Waals surface area contributed by atoms with E-state index in [1.807, 2.05) is 12.1 Å². The fourth-order valence-corrected chi connectivity index (χ4v) is 2.06. The zero-order chi connectivity index (χ0) is 10.8. The summed E-state index contributed by atoms with van der Waals surface area (Å²) in [6, 6.07) is 8.27. The van der Waals surface area contributed by atoms with Crippen LogP contribution in [0.1, 0.15) is 5.76 Å². The second-order valence-corrected chi connectivity index (χ2v) is 4.26. The minimum absolute atomic E-state index is 0.242. The number of hydrogen-bond donors (Lipinski definition) is 1. The fraction of sp³-hybridized carbons (Fsp3) is 0.0909. The minimum Gasteiger partial charge on any atom is -0.460 e. The standard InChI is InChI=1S/C11H9FINO/c12-7-1-3-9(10(13)5-7)11-4-2-8(6-14)15-11/h1-5H,6,14H2. The first-order valence-corrected chi connectivity index (χ1v) is 5.53. The molecule has 0 saturated heterocycles. The molecule has 0 unspecified atom stereocenters. The molecule has 0 amide bonds. The maximum Gasteiger partial charge on any atom is 0.135 e. The molecule has 1 aromatic carbocycles. The van der Waals surface area contributed by atoms with Crippen molar-refractivity contribution in [3.8, 4) is 11.3 Å². The lowest BCUT2D eigenvalue weighted by molar-refractivity contribution is 0.525. The van der Waals surface area contributed by atoms with Crippen LogP contribution in [-0.4, -0.2) is 0 Å². The van der Waals surface area contributed by atoms with Crippen LogP contribution in [-0.2, 0) is 6.54 Å². The Labute approximate surface area is 100 Å². The number of rotatable bonds is 2. The van der Waals surface area contributed by atoms with Crippen molar-refractivity contribution in [1.82, 2.24) is 0 Å². The SMILES string of the molecule is NCc1ccc(-c2ccc(F)cc2I)o1. The second kappa shape index (κ2) is 4.32. The zero-order valence-corrected chi connectivity index (χ0v) is 9.99. The number of benzene rings is 1. The van der Waals surface area contributed by atoms with Gasteiger partial charge in [0, 0.05) is 9.13 Å². The van der Waals surface area contributed by atoms with Crippen LogP contribution in [0.4, 0.5) is 4.39 Å². The van der Waals surface area contributed by atoms with Gasteiger partial charge in [-0.3, -0.25) is 0 Å². The van der Waals surface area contributed by atoms with Crippen LogP contribution < -0.4 is 5.73 Å². The quantitative estimate of drug-likeness (QED) is 0.864. The van der Waals surface area contributed by atoms with Crippen LogP contribution >= 0.6 is 22.6 Å². The maximum atomic E-state index is 12.9. The van der Waals surface area contributed by atoms with Gasteiger partial charge in [-0.1, -0.05) is 0 Å². The molecule has 2 N–H and O–H groups in total. The van der Waals surface area contributed by atoms with Crippen LogP contribution in [0, 0.1) is 9.39 Å². The van der Waals surface area contributed by atoms with E-state index >= 15 is 0 Å². The Hall–Kier alpha value is -0.880. The molecular formula is C11H9FINO. The molecule has 4 heteroatoms. The van der Waals surface area contributed by atoms with Crippen molar-refractivity contribution in [2.75, 3.05) is 0 Å². The van der Waals surface area contributed by atoms with Crippen LogP contribution in [0.2, 0.25) is 0 Å². The summed E-state index contributed by atoms with van der Waals surface area (Å²) in [6.07, 6.45) is 0. The van der Waals surface area contributed by atoms with E-state index < -0.39 is 0 Å². The first-order chi connectivity index (χ1) is 7.20. The van der Waals surface area contributed by atoms with E-state index in [-0.39, 0.29) is 5.82 Å². The van der Waals surface area contributed by atoms with Crippen LogP contribution in [0.25, 0.3) is 11.3 Å². The summed E-state index contributed by atoms with van der Waals surface area (Å²) in [5, 5.41) is 0. The molecule has 0 aliphatic heterocycles. The van der Waals surface area contributed by atoms with Crippen LogP contribution in [0.5, 0.6) is 0 Å². The summed E-state index contributed by atoms with van der Waals surface area (Å²) in [7, 11) is 0. The Morgan fingerprint density at radius 3 is 2.67 bits per heavy atom. The zero-order valence-electron chi connectivity index (χ0n) is 7.84. The summed E-state index contributed by atoms with van der Waals surface area (Å²) in [6.45, 7) is 0.373. The van der Waals surface area contributed by atoms with E-state index in [1.54, 1.807) is 6.07 Å². The molecule has 0 aliphatic carbocycles. The molecule has 1 aromatic heterocycles. The average molecular weight is 317 g/mol. The average Bonchev–Trinajstić information content (AvgIpc) is 2.66. The molecule has 1 heterocycles. The first-order valence-electron chi connectivity index (χ1n) is 4.45. The van der Waals surface area contributed by atoms with E-state index in [9.17, 15) is 4.39 Å². The molecule has 0 fully saturated rings. The molecule has 0 atom stereocenters. The van der Waals surface area contributed by atoms with Gasteiger partial charge in [0.2, 0.25) is 0 Å². The molecule has 2 nitrogen and oxygen atoms in total. The molecule has 15 heavy (non-hydrogen) atoms. The minimum atomic E-state index is -0.242. The topological polar surface area (TPSA) is 39.2 Å². The molecular weight excluding hydrogens is 308 g/mol. The van der Waals surface area contributed by atoms with E-state index in [0.29, 0.717) is 6.54 Å². The second-order valence-electron chi connectivity index (χ2n) is 3.09. The van der Waals surface area contributed by atoms with E-state index in [0.717, 1.165) is 20.7 Å². The fourth-order valence-electron chi connectivity index (χ4n) is 1.32. The smallest absolute Gasteiger partial charge is 0.135 e. The molecule has 78 valence electrons. The van der Waals surface area contributed by atoms with Crippen molar-refractivity contribution in [3.05, 3.63) is 45.5 Å². The van der Waals surface area contributed by atoms with Gasteiger partial charge >= 0.3 is 0 Å². The summed E-state index contributed by atoms with van der Waals surface area (Å²) >= 11 is 2.08. The molecule has 0 radical (unpaired) electrons. The molecule has 0 bridgehead atoms. The highest BCUT2D eigenvalue weighted by atomic mass is 127. The maximum absolute atomic E-state index is 12.9. The Kier molecular flexibility index (Phi) is 3.06. The van der Waals surface area contributed by atoms with Gasteiger partial charge in [-0.15, -0.1) is 0 Å². The van der Waals surface area contributed by atoms with Crippen LogP contribution in [0.15, 0.2) is 34.7 Å². The molecule has 2 aromatic rings. The predicted octanol–water partition coefficient (Wildman–Crippen LogP) is 3.15. The van der Waals surface area contributed by atoms with Gasteiger partial charge in [0.1, 0.15) is 17.3 Å². The predicted molar refractivity (Wildman–Crippen MR) is 64.7 cm³/mol. The third-order valence-corrected chi connectivity index (χ3v) is 2.95. The Balaban J connectivity index is 2.44. The lowest BCUT2D eigenvalue weighted by Crippen LogP contribution is -1.92. The van der Waals surface area contributed by atoms with Crippen molar-refractivity contribution in [2.45, 2.75) is 6.54 Å². The van der Waals surface area contributed by atoms with Gasteiger partial charge < -0.3 is 10.2 Å². The highest BCUT2D eigenvalue weighted by Crippen LogP contribution is 2.27. The summed E-state index contributed by atoms with van der Waals surface area (Å²) in [5.41, 5.74) is 6.33. The van der Waals surface area contributed by atoms with Gasteiger partial charge in [0.05, 0.1) is 6.54 Å². The summed E-state index contributed by atoms with van der Waals surface area (Å²) in [5.74, 6) is 1.21. The molecule has 0 spiro atoms. The summed E-state index contributed by atoms with van der Waals surface area (Å²) in [4.78, 5) is 0. The largest absolute Gasteiger partial charge is 0.460 e. The highest BCUT2D eigenvalue weighted by molar-refractivity contribution is 14.1.